The normalized spacial score (nSPS) is 10.8. The lowest BCUT2D eigenvalue weighted by Gasteiger charge is -1.90. The highest BCUT2D eigenvalue weighted by Gasteiger charge is 2.07. The lowest BCUT2D eigenvalue weighted by Crippen LogP contribution is -1.93. The molecule has 12 heavy (non-hydrogen) atoms. The number of fused-ring (bicyclic) bond motifs is 1. The zero-order valence-electron chi connectivity index (χ0n) is 6.25. The van der Waals surface area contributed by atoms with Gasteiger partial charge in [0, 0.05) is 9.86 Å². The Balaban J connectivity index is 2.80. The second-order valence-electron chi connectivity index (χ2n) is 2.45. The van der Waals surface area contributed by atoms with Crippen LogP contribution in [0.25, 0.3) is 10.9 Å². The van der Waals surface area contributed by atoms with Crippen LogP contribution in [0.4, 0.5) is 0 Å². The monoisotopic (exact) mass is 226 g/mol. The molecule has 0 radical (unpaired) electrons. The quantitative estimate of drug-likeness (QED) is 0.810. The lowest BCUT2D eigenvalue weighted by atomic mass is 10.2. The summed E-state index contributed by atoms with van der Waals surface area (Å²) in [6.45, 7) is 0.382. The van der Waals surface area contributed by atoms with Gasteiger partial charge in [-0.2, -0.15) is 0 Å². The van der Waals surface area contributed by atoms with Gasteiger partial charge in [0.15, 0.2) is 5.76 Å². The highest BCUT2D eigenvalue weighted by atomic mass is 79.9. The molecule has 0 bridgehead atoms. The Morgan fingerprint density at radius 1 is 1.50 bits per heavy atom. The summed E-state index contributed by atoms with van der Waals surface area (Å²) in [7, 11) is 0. The summed E-state index contributed by atoms with van der Waals surface area (Å²) in [4.78, 5) is 0. The maximum absolute atomic E-state index is 5.46. The van der Waals surface area contributed by atoms with Gasteiger partial charge in [0.2, 0.25) is 0 Å². The van der Waals surface area contributed by atoms with Gasteiger partial charge < -0.3 is 10.3 Å². The van der Waals surface area contributed by atoms with Crippen molar-refractivity contribution in [3.63, 3.8) is 0 Å². The fourth-order valence-corrected chi connectivity index (χ4v) is 1.57. The number of nitrogens with two attached hydrogens (primary N) is 1. The largest absolute Gasteiger partial charge is 0.359 e. The number of halogens is 1. The number of benzene rings is 1. The minimum absolute atomic E-state index is 0.382. The summed E-state index contributed by atoms with van der Waals surface area (Å²) in [5.41, 5.74) is 6.29. The van der Waals surface area contributed by atoms with Crippen molar-refractivity contribution in [1.29, 1.82) is 0 Å². The molecule has 0 unspecified atom stereocenters. The molecule has 0 saturated heterocycles. The van der Waals surface area contributed by atoms with Crippen LogP contribution >= 0.6 is 15.9 Å². The van der Waals surface area contributed by atoms with Crippen LogP contribution in [0.15, 0.2) is 27.2 Å². The van der Waals surface area contributed by atoms with Crippen molar-refractivity contribution in [3.05, 3.63) is 28.4 Å². The summed E-state index contributed by atoms with van der Waals surface area (Å²) in [5, 5.41) is 4.87. The summed E-state index contributed by atoms with van der Waals surface area (Å²) in [5.74, 6) is 0.728. The third-order valence-electron chi connectivity index (χ3n) is 1.72. The minimum Gasteiger partial charge on any atom is -0.359 e. The number of hydrogen-bond acceptors (Lipinski definition) is 3. The topological polar surface area (TPSA) is 52.0 Å². The number of nitrogens with zero attached hydrogens (tertiary/aromatic N) is 1. The number of rotatable bonds is 1. The summed E-state index contributed by atoms with van der Waals surface area (Å²) in [6.07, 6.45) is 0. The van der Waals surface area contributed by atoms with Crippen LogP contribution in [-0.4, -0.2) is 5.16 Å². The summed E-state index contributed by atoms with van der Waals surface area (Å²) >= 11 is 3.38. The Morgan fingerprint density at radius 3 is 3.08 bits per heavy atom. The van der Waals surface area contributed by atoms with Crippen LogP contribution in [0.2, 0.25) is 0 Å². The molecular formula is C8H7BrN2O. The molecule has 2 rings (SSSR count). The second-order valence-corrected chi connectivity index (χ2v) is 3.30. The van der Waals surface area contributed by atoms with Crippen molar-refractivity contribution in [1.82, 2.24) is 5.16 Å². The molecule has 3 nitrogen and oxygen atoms in total. The molecule has 0 fully saturated rings. The van der Waals surface area contributed by atoms with E-state index >= 15 is 0 Å². The fraction of sp³-hybridized carbons (Fsp3) is 0.125. The third-order valence-corrected chi connectivity index (χ3v) is 2.36. The first-order valence-corrected chi connectivity index (χ1v) is 4.35. The first-order chi connectivity index (χ1) is 5.83. The molecule has 2 aromatic rings. The van der Waals surface area contributed by atoms with E-state index in [2.05, 4.69) is 21.1 Å². The van der Waals surface area contributed by atoms with Gasteiger partial charge in [0.25, 0.3) is 0 Å². The molecule has 4 heteroatoms. The standard InChI is InChI=1S/C8H7BrN2O/c9-6-3-1-2-5-7(4-10)12-11-8(5)6/h1-3H,4,10H2. The maximum atomic E-state index is 5.46. The van der Waals surface area contributed by atoms with Crippen molar-refractivity contribution in [3.8, 4) is 0 Å². The van der Waals surface area contributed by atoms with E-state index in [1.165, 1.54) is 0 Å². The van der Waals surface area contributed by atoms with Gasteiger partial charge in [-0.3, -0.25) is 0 Å². The molecule has 0 saturated carbocycles. The van der Waals surface area contributed by atoms with E-state index in [-0.39, 0.29) is 0 Å². The average Bonchev–Trinajstić information content (AvgIpc) is 2.49. The Morgan fingerprint density at radius 2 is 2.33 bits per heavy atom. The van der Waals surface area contributed by atoms with E-state index in [0.29, 0.717) is 6.54 Å². The predicted octanol–water partition coefficient (Wildman–Crippen LogP) is 2.05. The van der Waals surface area contributed by atoms with Gasteiger partial charge in [0.05, 0.1) is 6.54 Å². The molecule has 1 aromatic carbocycles. The number of aromatic nitrogens is 1. The highest BCUT2D eigenvalue weighted by Crippen LogP contribution is 2.24. The Bertz CT molecular complexity index is 410. The zero-order valence-corrected chi connectivity index (χ0v) is 7.84. The van der Waals surface area contributed by atoms with Gasteiger partial charge in [-0.1, -0.05) is 11.2 Å². The lowest BCUT2D eigenvalue weighted by molar-refractivity contribution is 0.392. The Kier molecular flexibility index (Phi) is 1.86. The molecule has 0 amide bonds. The van der Waals surface area contributed by atoms with E-state index < -0.39 is 0 Å². The van der Waals surface area contributed by atoms with Crippen LogP contribution in [0, 0.1) is 0 Å². The molecule has 0 aliphatic rings. The van der Waals surface area contributed by atoms with Gasteiger partial charge >= 0.3 is 0 Å². The molecule has 0 aliphatic heterocycles. The minimum atomic E-state index is 0.382. The van der Waals surface area contributed by atoms with Crippen LogP contribution in [-0.2, 0) is 6.54 Å². The van der Waals surface area contributed by atoms with E-state index in [1.54, 1.807) is 0 Å². The van der Waals surface area contributed by atoms with Gasteiger partial charge in [0.1, 0.15) is 5.52 Å². The van der Waals surface area contributed by atoms with E-state index in [1.807, 2.05) is 18.2 Å². The molecule has 1 aromatic heterocycles. The second kappa shape index (κ2) is 2.88. The van der Waals surface area contributed by atoms with Crippen LogP contribution in [0.1, 0.15) is 5.76 Å². The van der Waals surface area contributed by atoms with Gasteiger partial charge in [-0.05, 0) is 28.1 Å². The van der Waals surface area contributed by atoms with Crippen molar-refractivity contribution in [2.75, 3.05) is 0 Å². The van der Waals surface area contributed by atoms with Crippen molar-refractivity contribution >= 4 is 26.8 Å². The third kappa shape index (κ3) is 1.04. The first kappa shape index (κ1) is 7.76. The Hall–Kier alpha value is -0.870. The summed E-state index contributed by atoms with van der Waals surface area (Å²) < 4.78 is 5.97. The van der Waals surface area contributed by atoms with Gasteiger partial charge in [-0.15, -0.1) is 0 Å². The van der Waals surface area contributed by atoms with Crippen molar-refractivity contribution in [2.45, 2.75) is 6.54 Å². The maximum Gasteiger partial charge on any atom is 0.158 e. The van der Waals surface area contributed by atoms with Crippen LogP contribution < -0.4 is 5.73 Å². The smallest absolute Gasteiger partial charge is 0.158 e. The molecule has 62 valence electrons. The van der Waals surface area contributed by atoms with E-state index in [4.69, 9.17) is 10.3 Å². The number of hydrogen-bond donors (Lipinski definition) is 1. The first-order valence-electron chi connectivity index (χ1n) is 3.56. The SMILES string of the molecule is NCc1onc2c(Br)cccc12. The van der Waals surface area contributed by atoms with E-state index in [9.17, 15) is 0 Å². The highest BCUT2D eigenvalue weighted by molar-refractivity contribution is 9.10. The van der Waals surface area contributed by atoms with Crippen LogP contribution in [0.3, 0.4) is 0 Å². The van der Waals surface area contributed by atoms with E-state index in [0.717, 1.165) is 21.1 Å². The Labute approximate surface area is 77.7 Å². The average molecular weight is 227 g/mol. The summed E-state index contributed by atoms with van der Waals surface area (Å²) in [6, 6.07) is 5.80. The molecule has 0 atom stereocenters. The molecule has 2 N–H and O–H groups in total. The van der Waals surface area contributed by atoms with Crippen LogP contribution in [0.5, 0.6) is 0 Å². The predicted molar refractivity (Wildman–Crippen MR) is 49.6 cm³/mol. The van der Waals surface area contributed by atoms with Crippen molar-refractivity contribution < 1.29 is 4.52 Å². The van der Waals surface area contributed by atoms with Crippen molar-refractivity contribution in [2.24, 2.45) is 5.73 Å². The molecule has 0 aliphatic carbocycles. The molecule has 0 spiro atoms. The zero-order chi connectivity index (χ0) is 8.55. The molecule has 1 heterocycles. The molecular weight excluding hydrogens is 220 g/mol. The van der Waals surface area contributed by atoms with Gasteiger partial charge in [-0.25, -0.2) is 0 Å². The fourth-order valence-electron chi connectivity index (χ4n) is 1.13.